The average molecular weight is 389 g/mol. The largest absolute Gasteiger partial charge is 0.467 e. The second kappa shape index (κ2) is 7.52. The number of aryl methyl sites for hydroxylation is 1. The number of ether oxygens (including phenoxy) is 1. The van der Waals surface area contributed by atoms with E-state index in [1.807, 2.05) is 18.2 Å². The Kier molecular flexibility index (Phi) is 5.10. The van der Waals surface area contributed by atoms with Crippen molar-refractivity contribution in [1.29, 1.82) is 0 Å². The number of nitrogens with zero attached hydrogens (tertiary/aromatic N) is 2. The lowest BCUT2D eigenvalue weighted by molar-refractivity contribution is -0.0306. The van der Waals surface area contributed by atoms with Gasteiger partial charge in [-0.15, -0.1) is 0 Å². The Bertz CT molecular complexity index is 827. The maximum atomic E-state index is 12.4. The molecule has 2 aromatic rings. The Hall–Kier alpha value is -2.05. The van der Waals surface area contributed by atoms with E-state index in [2.05, 4.69) is 27.1 Å². The highest BCUT2D eigenvalue weighted by molar-refractivity contribution is 6.30. The number of fused-ring (bicyclic) bond motifs is 1. The Labute approximate surface area is 164 Å². The molecule has 27 heavy (non-hydrogen) atoms. The van der Waals surface area contributed by atoms with Gasteiger partial charge in [0.25, 0.3) is 5.91 Å². The van der Waals surface area contributed by atoms with Crippen molar-refractivity contribution >= 4 is 17.5 Å². The number of aromatic amines is 1. The molecule has 0 saturated carbocycles. The Morgan fingerprint density at radius 2 is 2.07 bits per heavy atom. The molecule has 1 aromatic heterocycles. The standard InChI is InChI=1S/C20H25ClN4O2/c1-2-3-8-17-22-15(18(21)23-17)13-25-11-9-20(10-12-25)24-19(26)14-6-4-5-7-16(14)27-20/h4-7H,2-3,8-13H2,1H3,(H,22,23)(H,24,26). The van der Waals surface area contributed by atoms with E-state index in [-0.39, 0.29) is 5.91 Å². The lowest BCUT2D eigenvalue weighted by atomic mass is 9.97. The van der Waals surface area contributed by atoms with Crippen LogP contribution < -0.4 is 10.1 Å². The zero-order chi connectivity index (χ0) is 18.9. The molecule has 1 fully saturated rings. The fourth-order valence-corrected chi connectivity index (χ4v) is 3.99. The first-order valence-electron chi connectivity index (χ1n) is 9.65. The van der Waals surface area contributed by atoms with E-state index in [1.54, 1.807) is 6.07 Å². The molecule has 2 aliphatic rings. The van der Waals surface area contributed by atoms with E-state index in [0.29, 0.717) is 16.5 Å². The minimum Gasteiger partial charge on any atom is -0.467 e. The summed E-state index contributed by atoms with van der Waals surface area (Å²) >= 11 is 6.31. The Balaban J connectivity index is 1.38. The fourth-order valence-electron chi connectivity index (χ4n) is 3.78. The van der Waals surface area contributed by atoms with Crippen LogP contribution in [0.1, 0.15) is 54.5 Å². The van der Waals surface area contributed by atoms with Crippen molar-refractivity contribution in [2.75, 3.05) is 13.1 Å². The van der Waals surface area contributed by atoms with Gasteiger partial charge in [-0.1, -0.05) is 37.1 Å². The number of halogens is 1. The number of rotatable bonds is 5. The molecule has 7 heteroatoms. The number of benzene rings is 1. The minimum absolute atomic E-state index is 0.0533. The molecule has 6 nitrogen and oxygen atoms in total. The molecule has 0 unspecified atom stereocenters. The number of aromatic nitrogens is 2. The van der Waals surface area contributed by atoms with Crippen molar-refractivity contribution in [3.63, 3.8) is 0 Å². The molecule has 1 aromatic carbocycles. The lowest BCUT2D eigenvalue weighted by Gasteiger charge is -2.44. The van der Waals surface area contributed by atoms with Crippen LogP contribution in [-0.2, 0) is 13.0 Å². The number of carbonyl (C=O) groups is 1. The van der Waals surface area contributed by atoms with Gasteiger partial charge in [0.05, 0.1) is 11.3 Å². The van der Waals surface area contributed by atoms with Crippen molar-refractivity contribution in [1.82, 2.24) is 20.2 Å². The third-order valence-electron chi connectivity index (χ3n) is 5.37. The number of imidazole rings is 1. The summed E-state index contributed by atoms with van der Waals surface area (Å²) in [5, 5.41) is 3.64. The number of likely N-dealkylation sites (tertiary alicyclic amines) is 1. The molecule has 2 N–H and O–H groups in total. The third kappa shape index (κ3) is 3.82. The molecule has 144 valence electrons. The fraction of sp³-hybridized carbons (Fsp3) is 0.500. The molecule has 3 heterocycles. The molecule has 1 spiro atoms. The number of unbranched alkanes of at least 4 members (excludes halogenated alkanes) is 1. The maximum absolute atomic E-state index is 12.4. The van der Waals surface area contributed by atoms with E-state index < -0.39 is 5.72 Å². The van der Waals surface area contributed by atoms with Crippen LogP contribution in [0.4, 0.5) is 0 Å². The van der Waals surface area contributed by atoms with Crippen LogP contribution in [0, 0.1) is 0 Å². The van der Waals surface area contributed by atoms with Crippen molar-refractivity contribution in [2.45, 2.75) is 51.3 Å². The second-order valence-corrected chi connectivity index (χ2v) is 7.74. The smallest absolute Gasteiger partial charge is 0.258 e. The van der Waals surface area contributed by atoms with Crippen molar-refractivity contribution in [2.24, 2.45) is 0 Å². The number of hydrogen-bond acceptors (Lipinski definition) is 4. The average Bonchev–Trinajstić information content (AvgIpc) is 3.01. The molecule has 0 aliphatic carbocycles. The van der Waals surface area contributed by atoms with Crippen LogP contribution in [0.15, 0.2) is 24.3 Å². The summed E-state index contributed by atoms with van der Waals surface area (Å²) in [4.78, 5) is 22.6. The predicted molar refractivity (Wildman–Crippen MR) is 104 cm³/mol. The van der Waals surface area contributed by atoms with Crippen molar-refractivity contribution < 1.29 is 9.53 Å². The summed E-state index contributed by atoms with van der Waals surface area (Å²) in [5.41, 5.74) is 0.971. The molecule has 2 aliphatic heterocycles. The number of piperidine rings is 1. The predicted octanol–water partition coefficient (Wildman–Crippen LogP) is 3.52. The first-order chi connectivity index (χ1) is 13.1. The van der Waals surface area contributed by atoms with Gasteiger partial charge < -0.3 is 15.0 Å². The zero-order valence-electron chi connectivity index (χ0n) is 15.6. The molecule has 4 rings (SSSR count). The number of para-hydroxylation sites is 1. The summed E-state index contributed by atoms with van der Waals surface area (Å²) < 4.78 is 6.20. The van der Waals surface area contributed by atoms with E-state index in [4.69, 9.17) is 16.3 Å². The van der Waals surface area contributed by atoms with Gasteiger partial charge in [-0.05, 0) is 18.6 Å². The summed E-state index contributed by atoms with van der Waals surface area (Å²) in [6, 6.07) is 7.41. The highest BCUT2D eigenvalue weighted by atomic mass is 35.5. The quantitative estimate of drug-likeness (QED) is 0.822. The number of H-pyrrole nitrogens is 1. The van der Waals surface area contributed by atoms with Crippen LogP contribution in [0.2, 0.25) is 5.15 Å². The van der Waals surface area contributed by atoms with Gasteiger partial charge in [0.2, 0.25) is 0 Å². The first kappa shape index (κ1) is 18.3. The van der Waals surface area contributed by atoms with Gasteiger partial charge in [0.15, 0.2) is 10.9 Å². The Morgan fingerprint density at radius 1 is 1.30 bits per heavy atom. The van der Waals surface area contributed by atoms with E-state index in [0.717, 1.165) is 63.3 Å². The molecular formula is C20H25ClN4O2. The molecular weight excluding hydrogens is 364 g/mol. The lowest BCUT2D eigenvalue weighted by Crippen LogP contribution is -2.60. The summed E-state index contributed by atoms with van der Waals surface area (Å²) in [6.07, 6.45) is 4.65. The molecule has 1 saturated heterocycles. The number of hydrogen-bond donors (Lipinski definition) is 2. The van der Waals surface area contributed by atoms with Gasteiger partial charge in [-0.25, -0.2) is 4.98 Å². The van der Waals surface area contributed by atoms with Crippen LogP contribution >= 0.6 is 11.6 Å². The highest BCUT2D eigenvalue weighted by Gasteiger charge is 2.42. The number of amides is 1. The molecule has 0 atom stereocenters. The number of carbonyl (C=O) groups excluding carboxylic acids is 1. The molecule has 0 bridgehead atoms. The van der Waals surface area contributed by atoms with E-state index in [9.17, 15) is 4.79 Å². The van der Waals surface area contributed by atoms with Crippen LogP contribution in [-0.4, -0.2) is 39.6 Å². The Morgan fingerprint density at radius 3 is 2.85 bits per heavy atom. The summed E-state index contributed by atoms with van der Waals surface area (Å²) in [6.45, 7) is 4.54. The summed E-state index contributed by atoms with van der Waals surface area (Å²) in [5.74, 6) is 1.58. The van der Waals surface area contributed by atoms with Crippen LogP contribution in [0.5, 0.6) is 5.75 Å². The van der Waals surface area contributed by atoms with Gasteiger partial charge in [-0.3, -0.25) is 9.69 Å². The van der Waals surface area contributed by atoms with Crippen LogP contribution in [0.25, 0.3) is 0 Å². The minimum atomic E-state index is -0.605. The van der Waals surface area contributed by atoms with Crippen molar-refractivity contribution in [3.8, 4) is 5.75 Å². The van der Waals surface area contributed by atoms with Crippen molar-refractivity contribution in [3.05, 3.63) is 46.5 Å². The van der Waals surface area contributed by atoms with Gasteiger partial charge in [-0.2, -0.15) is 0 Å². The maximum Gasteiger partial charge on any atom is 0.258 e. The molecule has 0 radical (unpaired) electrons. The third-order valence-corrected chi connectivity index (χ3v) is 5.68. The second-order valence-electron chi connectivity index (χ2n) is 7.38. The van der Waals surface area contributed by atoms with Crippen LogP contribution in [0.3, 0.4) is 0 Å². The number of nitrogens with one attached hydrogen (secondary N) is 2. The first-order valence-corrected chi connectivity index (χ1v) is 10.0. The van der Waals surface area contributed by atoms with E-state index in [1.165, 1.54) is 0 Å². The molecule has 1 amide bonds. The normalized spacial score (nSPS) is 18.8. The van der Waals surface area contributed by atoms with E-state index >= 15 is 0 Å². The monoisotopic (exact) mass is 388 g/mol. The van der Waals surface area contributed by atoms with Gasteiger partial charge in [0, 0.05) is 38.9 Å². The SMILES string of the molecule is CCCCc1nc(Cl)c(CN2CCC3(CC2)NC(=O)c2ccccc2O3)[nH]1. The zero-order valence-corrected chi connectivity index (χ0v) is 16.3. The van der Waals surface area contributed by atoms with Gasteiger partial charge in [0.1, 0.15) is 11.6 Å². The highest BCUT2D eigenvalue weighted by Crippen LogP contribution is 2.33. The summed E-state index contributed by atoms with van der Waals surface area (Å²) in [7, 11) is 0. The topological polar surface area (TPSA) is 70.2 Å². The van der Waals surface area contributed by atoms with Gasteiger partial charge >= 0.3 is 0 Å².